The molecule has 5 N–H and O–H groups in total. The van der Waals surface area contributed by atoms with Gasteiger partial charge in [-0.1, -0.05) is 20.8 Å². The third kappa shape index (κ3) is 4.55. The van der Waals surface area contributed by atoms with E-state index < -0.39 is 28.6 Å². The second-order valence-corrected chi connectivity index (χ2v) is 5.62. The van der Waals surface area contributed by atoms with E-state index in [1.807, 2.05) is 0 Å². The lowest BCUT2D eigenvalue weighted by Crippen LogP contribution is -2.39. The summed E-state index contributed by atoms with van der Waals surface area (Å²) in [5.41, 5.74) is -0.497. The van der Waals surface area contributed by atoms with Crippen LogP contribution in [0.15, 0.2) is 12.1 Å². The average Bonchev–Trinajstić information content (AvgIpc) is 2.38. The lowest BCUT2D eigenvalue weighted by molar-refractivity contribution is -0.128. The first-order valence-corrected chi connectivity index (χ1v) is 6.44. The Balaban J connectivity index is 2.50. The fourth-order valence-corrected chi connectivity index (χ4v) is 1.45. The Hall–Kier alpha value is -2.44. The van der Waals surface area contributed by atoms with E-state index >= 15 is 0 Å². The topological polar surface area (TPSA) is 119 Å². The minimum Gasteiger partial charge on any atom is -0.504 e. The Morgan fingerprint density at radius 1 is 1.00 bits per heavy atom. The van der Waals surface area contributed by atoms with Gasteiger partial charge in [-0.2, -0.15) is 0 Å². The van der Waals surface area contributed by atoms with E-state index in [1.54, 1.807) is 20.8 Å². The predicted octanol–water partition coefficient (Wildman–Crippen LogP) is 0.695. The molecule has 7 heteroatoms. The molecule has 0 aromatic heterocycles. The van der Waals surface area contributed by atoms with Crippen molar-refractivity contribution in [3.63, 3.8) is 0 Å². The van der Waals surface area contributed by atoms with Crippen LogP contribution in [-0.4, -0.2) is 40.2 Å². The van der Waals surface area contributed by atoms with Crippen LogP contribution in [0.25, 0.3) is 0 Å². The van der Waals surface area contributed by atoms with E-state index in [-0.39, 0.29) is 24.6 Å². The number of aromatic hydroxyl groups is 3. The molecule has 0 aliphatic heterocycles. The van der Waals surface area contributed by atoms with Crippen LogP contribution in [0.5, 0.6) is 17.2 Å². The normalized spacial score (nSPS) is 11.0. The molecule has 0 saturated carbocycles. The van der Waals surface area contributed by atoms with Crippen LogP contribution in [-0.2, 0) is 4.79 Å². The zero-order valence-corrected chi connectivity index (χ0v) is 12.2. The number of amides is 2. The van der Waals surface area contributed by atoms with Gasteiger partial charge in [0, 0.05) is 24.1 Å². The molecular formula is C14H20N2O5. The van der Waals surface area contributed by atoms with E-state index in [0.717, 1.165) is 12.1 Å². The molecule has 0 unspecified atom stereocenters. The van der Waals surface area contributed by atoms with Crippen LogP contribution < -0.4 is 10.6 Å². The van der Waals surface area contributed by atoms with Crippen molar-refractivity contribution < 1.29 is 24.9 Å². The Bertz CT molecular complexity index is 526. The highest BCUT2D eigenvalue weighted by Crippen LogP contribution is 2.35. The SMILES string of the molecule is CC(C)(C)C(=O)NCCNC(=O)c1cc(O)c(O)c(O)c1. The van der Waals surface area contributed by atoms with Crippen LogP contribution >= 0.6 is 0 Å². The average molecular weight is 296 g/mol. The number of phenols is 3. The summed E-state index contributed by atoms with van der Waals surface area (Å²) >= 11 is 0. The monoisotopic (exact) mass is 296 g/mol. The van der Waals surface area contributed by atoms with Gasteiger partial charge in [-0.05, 0) is 12.1 Å². The summed E-state index contributed by atoms with van der Waals surface area (Å²) in [6.45, 7) is 5.80. The Kier molecular flexibility index (Phi) is 5.02. The van der Waals surface area contributed by atoms with Crippen LogP contribution in [0.1, 0.15) is 31.1 Å². The molecule has 7 nitrogen and oxygen atoms in total. The van der Waals surface area contributed by atoms with Gasteiger partial charge in [-0.3, -0.25) is 9.59 Å². The van der Waals surface area contributed by atoms with E-state index in [4.69, 9.17) is 0 Å². The molecule has 0 atom stereocenters. The molecular weight excluding hydrogens is 276 g/mol. The van der Waals surface area contributed by atoms with Gasteiger partial charge in [0.25, 0.3) is 5.91 Å². The maximum Gasteiger partial charge on any atom is 0.251 e. The molecule has 116 valence electrons. The van der Waals surface area contributed by atoms with Crippen LogP contribution in [0.4, 0.5) is 0 Å². The summed E-state index contributed by atoms with van der Waals surface area (Å²) in [5, 5.41) is 33.0. The van der Waals surface area contributed by atoms with E-state index in [2.05, 4.69) is 10.6 Å². The number of hydrogen-bond donors (Lipinski definition) is 5. The number of carbonyl (C=O) groups is 2. The Labute approximate surface area is 122 Å². The minimum atomic E-state index is -0.677. The Morgan fingerprint density at radius 2 is 1.48 bits per heavy atom. The quantitative estimate of drug-likeness (QED) is 0.414. The largest absolute Gasteiger partial charge is 0.504 e. The number of nitrogens with one attached hydrogen (secondary N) is 2. The van der Waals surface area contributed by atoms with Gasteiger partial charge in [0.05, 0.1) is 0 Å². The van der Waals surface area contributed by atoms with Crippen molar-refractivity contribution in [1.29, 1.82) is 0 Å². The number of rotatable bonds is 4. The van der Waals surface area contributed by atoms with Crippen molar-refractivity contribution >= 4 is 11.8 Å². The van der Waals surface area contributed by atoms with Crippen LogP contribution in [0.3, 0.4) is 0 Å². The Morgan fingerprint density at radius 3 is 1.95 bits per heavy atom. The van der Waals surface area contributed by atoms with Crippen LogP contribution in [0.2, 0.25) is 0 Å². The van der Waals surface area contributed by atoms with E-state index in [9.17, 15) is 24.9 Å². The van der Waals surface area contributed by atoms with Gasteiger partial charge >= 0.3 is 0 Å². The fraction of sp³-hybridized carbons (Fsp3) is 0.429. The molecule has 0 bridgehead atoms. The van der Waals surface area contributed by atoms with Gasteiger partial charge in [-0.15, -0.1) is 0 Å². The summed E-state index contributed by atoms with van der Waals surface area (Å²) in [7, 11) is 0. The van der Waals surface area contributed by atoms with Crippen molar-refractivity contribution in [3.8, 4) is 17.2 Å². The molecule has 0 saturated heterocycles. The number of benzene rings is 1. The summed E-state index contributed by atoms with van der Waals surface area (Å²) in [5.74, 6) is -2.51. The molecule has 2 amide bonds. The molecule has 0 aliphatic carbocycles. The smallest absolute Gasteiger partial charge is 0.251 e. The molecule has 0 aliphatic rings. The standard InChI is InChI=1S/C14H20N2O5/c1-14(2,3)13(21)16-5-4-15-12(20)8-6-9(17)11(19)10(18)7-8/h6-7,17-19H,4-5H2,1-3H3,(H,15,20)(H,16,21). The van der Waals surface area contributed by atoms with Gasteiger partial charge in [-0.25, -0.2) is 0 Å². The number of hydrogen-bond acceptors (Lipinski definition) is 5. The minimum absolute atomic E-state index is 0.00458. The predicted molar refractivity (Wildman–Crippen MR) is 76.2 cm³/mol. The molecule has 0 radical (unpaired) electrons. The molecule has 1 aromatic carbocycles. The van der Waals surface area contributed by atoms with E-state index in [1.165, 1.54) is 0 Å². The third-order valence-corrected chi connectivity index (χ3v) is 2.71. The lowest BCUT2D eigenvalue weighted by Gasteiger charge is -2.17. The zero-order chi connectivity index (χ0) is 16.2. The summed E-state index contributed by atoms with van der Waals surface area (Å²) < 4.78 is 0. The fourth-order valence-electron chi connectivity index (χ4n) is 1.45. The second kappa shape index (κ2) is 6.34. The van der Waals surface area contributed by atoms with E-state index in [0.29, 0.717) is 0 Å². The maximum absolute atomic E-state index is 11.8. The zero-order valence-electron chi connectivity index (χ0n) is 12.2. The first kappa shape index (κ1) is 16.6. The highest BCUT2D eigenvalue weighted by atomic mass is 16.3. The molecule has 1 aromatic rings. The summed E-state index contributed by atoms with van der Waals surface area (Å²) in [4.78, 5) is 23.4. The van der Waals surface area contributed by atoms with Crippen molar-refractivity contribution in [2.24, 2.45) is 5.41 Å². The first-order chi connectivity index (χ1) is 9.62. The van der Waals surface area contributed by atoms with Gasteiger partial charge in [0.2, 0.25) is 5.91 Å². The molecule has 0 heterocycles. The highest BCUT2D eigenvalue weighted by Gasteiger charge is 2.20. The number of phenolic OH excluding ortho intramolecular Hbond substituents is 3. The van der Waals surface area contributed by atoms with Crippen molar-refractivity contribution in [1.82, 2.24) is 10.6 Å². The molecule has 21 heavy (non-hydrogen) atoms. The van der Waals surface area contributed by atoms with Crippen molar-refractivity contribution in [3.05, 3.63) is 17.7 Å². The van der Waals surface area contributed by atoms with Crippen molar-refractivity contribution in [2.75, 3.05) is 13.1 Å². The second-order valence-electron chi connectivity index (χ2n) is 5.62. The van der Waals surface area contributed by atoms with Gasteiger partial charge in [0.15, 0.2) is 17.2 Å². The highest BCUT2D eigenvalue weighted by molar-refractivity contribution is 5.95. The number of carbonyl (C=O) groups excluding carboxylic acids is 2. The lowest BCUT2D eigenvalue weighted by atomic mass is 9.96. The third-order valence-electron chi connectivity index (χ3n) is 2.71. The van der Waals surface area contributed by atoms with Crippen molar-refractivity contribution in [2.45, 2.75) is 20.8 Å². The molecule has 1 rings (SSSR count). The first-order valence-electron chi connectivity index (χ1n) is 6.44. The molecule has 0 fully saturated rings. The molecule has 0 spiro atoms. The van der Waals surface area contributed by atoms with Gasteiger partial charge < -0.3 is 26.0 Å². The summed E-state index contributed by atoms with van der Waals surface area (Å²) in [6.07, 6.45) is 0. The van der Waals surface area contributed by atoms with Crippen LogP contribution in [0, 0.1) is 5.41 Å². The van der Waals surface area contributed by atoms with Gasteiger partial charge in [0.1, 0.15) is 0 Å². The summed E-state index contributed by atoms with van der Waals surface area (Å²) in [6, 6.07) is 2.08. The maximum atomic E-state index is 11.8.